The minimum absolute atomic E-state index is 0.0629. The first-order valence-corrected chi connectivity index (χ1v) is 12.9. The molecule has 2 amide bonds. The van der Waals surface area contributed by atoms with Crippen molar-refractivity contribution in [2.24, 2.45) is 11.3 Å². The second kappa shape index (κ2) is 11.0. The van der Waals surface area contributed by atoms with Crippen LogP contribution >= 0.6 is 0 Å². The maximum atomic E-state index is 14.1. The fourth-order valence-electron chi connectivity index (χ4n) is 5.45. The monoisotopic (exact) mass is 549 g/mol. The van der Waals surface area contributed by atoms with E-state index in [0.717, 1.165) is 24.2 Å². The molecular formula is C26H33F6N3O3. The van der Waals surface area contributed by atoms with Gasteiger partial charge in [0.25, 0.3) is 0 Å². The molecule has 1 saturated carbocycles. The topological polar surface area (TPSA) is 61.9 Å². The van der Waals surface area contributed by atoms with Crippen LogP contribution < -0.4 is 5.32 Å². The summed E-state index contributed by atoms with van der Waals surface area (Å²) < 4.78 is 86.5. The van der Waals surface area contributed by atoms with Gasteiger partial charge in [-0.1, -0.05) is 12.8 Å². The standard InChI is InChI=1S/C26H33F6N3O3/c1-34(22-3-2-10-38-22)21(36)16-35(23(37)24(14-17-4-5-17)6-8-33-9-7-24)15-18-11-19(25(27,28)29)13-20(12-18)26(30,31)32/h11-13,17,22,33H,2-10,14-16H2,1H3. The molecule has 2 aliphatic heterocycles. The number of benzene rings is 1. The first kappa shape index (κ1) is 28.7. The van der Waals surface area contributed by atoms with Crippen LogP contribution in [0.2, 0.25) is 0 Å². The number of hydrogen-bond donors (Lipinski definition) is 1. The van der Waals surface area contributed by atoms with Crippen LogP contribution in [-0.2, 0) is 33.2 Å². The first-order chi connectivity index (χ1) is 17.8. The van der Waals surface area contributed by atoms with Gasteiger partial charge < -0.3 is 19.9 Å². The Bertz CT molecular complexity index is 980. The highest BCUT2D eigenvalue weighted by Gasteiger charge is 2.46. The lowest BCUT2D eigenvalue weighted by molar-refractivity contribution is -0.153. The quantitative estimate of drug-likeness (QED) is 0.473. The van der Waals surface area contributed by atoms with Crippen LogP contribution in [0.4, 0.5) is 26.3 Å². The van der Waals surface area contributed by atoms with Crippen LogP contribution in [0, 0.1) is 11.3 Å². The van der Waals surface area contributed by atoms with Crippen molar-refractivity contribution >= 4 is 11.8 Å². The minimum atomic E-state index is -5.01. The summed E-state index contributed by atoms with van der Waals surface area (Å²) in [7, 11) is 1.53. The zero-order valence-electron chi connectivity index (χ0n) is 21.3. The van der Waals surface area contributed by atoms with Crippen LogP contribution in [0.3, 0.4) is 0 Å². The summed E-state index contributed by atoms with van der Waals surface area (Å²) in [6.07, 6.45) is -5.61. The highest BCUT2D eigenvalue weighted by atomic mass is 19.4. The fraction of sp³-hybridized carbons (Fsp3) is 0.692. The van der Waals surface area contributed by atoms with Crippen molar-refractivity contribution in [3.05, 3.63) is 34.9 Å². The normalized spacial score (nSPS) is 21.8. The van der Waals surface area contributed by atoms with Gasteiger partial charge in [0.1, 0.15) is 12.8 Å². The molecule has 2 saturated heterocycles. The Labute approximate surface area is 217 Å². The third kappa shape index (κ3) is 6.80. The molecule has 212 valence electrons. The van der Waals surface area contributed by atoms with Crippen LogP contribution in [0.1, 0.15) is 61.6 Å². The van der Waals surface area contributed by atoms with Crippen molar-refractivity contribution in [3.8, 4) is 0 Å². The van der Waals surface area contributed by atoms with Gasteiger partial charge in [0.15, 0.2) is 0 Å². The summed E-state index contributed by atoms with van der Waals surface area (Å²) in [5.74, 6) is -0.524. The number of likely N-dealkylation sites (N-methyl/N-ethyl adjacent to an activating group) is 1. The number of nitrogens with one attached hydrogen (secondary N) is 1. The average molecular weight is 550 g/mol. The summed E-state index contributed by atoms with van der Waals surface area (Å²) >= 11 is 0. The summed E-state index contributed by atoms with van der Waals surface area (Å²) in [6.45, 7) is 0.603. The van der Waals surface area contributed by atoms with E-state index >= 15 is 0 Å². The van der Waals surface area contributed by atoms with Crippen molar-refractivity contribution < 1.29 is 40.7 Å². The second-order valence-electron chi connectivity index (χ2n) is 10.7. The highest BCUT2D eigenvalue weighted by Crippen LogP contribution is 2.46. The lowest BCUT2D eigenvalue weighted by atomic mass is 9.73. The van der Waals surface area contributed by atoms with E-state index in [1.165, 1.54) is 11.9 Å². The molecule has 2 heterocycles. The number of carbonyl (C=O) groups excluding carboxylic acids is 2. The van der Waals surface area contributed by atoms with Gasteiger partial charge in [-0.05, 0) is 74.9 Å². The van der Waals surface area contributed by atoms with E-state index < -0.39 is 60.0 Å². The molecule has 0 aromatic heterocycles. The maximum Gasteiger partial charge on any atom is 0.416 e. The second-order valence-corrected chi connectivity index (χ2v) is 10.7. The van der Waals surface area contributed by atoms with Gasteiger partial charge in [-0.25, -0.2) is 0 Å². The molecule has 0 radical (unpaired) electrons. The van der Waals surface area contributed by atoms with Crippen LogP contribution in [0.5, 0.6) is 0 Å². The molecule has 1 aliphatic carbocycles. The molecule has 1 atom stereocenters. The van der Waals surface area contributed by atoms with Crippen molar-refractivity contribution in [1.82, 2.24) is 15.1 Å². The Hall–Kier alpha value is -2.34. The molecule has 1 aromatic carbocycles. The van der Waals surface area contributed by atoms with Crippen LogP contribution in [0.15, 0.2) is 18.2 Å². The first-order valence-electron chi connectivity index (χ1n) is 12.9. The third-order valence-corrected chi connectivity index (χ3v) is 7.76. The van der Waals surface area contributed by atoms with Crippen LogP contribution in [0.25, 0.3) is 0 Å². The predicted octanol–water partition coefficient (Wildman–Crippen LogP) is 4.82. The number of nitrogens with zero attached hydrogens (tertiary/aromatic N) is 2. The molecule has 3 fully saturated rings. The molecule has 12 heteroatoms. The van der Waals surface area contributed by atoms with Crippen molar-refractivity contribution in [3.63, 3.8) is 0 Å². The van der Waals surface area contributed by atoms with Gasteiger partial charge in [-0.15, -0.1) is 0 Å². The number of hydrogen-bond acceptors (Lipinski definition) is 4. The average Bonchev–Trinajstić information content (AvgIpc) is 3.49. The van der Waals surface area contributed by atoms with E-state index in [-0.39, 0.29) is 11.6 Å². The zero-order chi connectivity index (χ0) is 27.7. The predicted molar refractivity (Wildman–Crippen MR) is 125 cm³/mol. The van der Waals surface area contributed by atoms with Gasteiger partial charge in [-0.2, -0.15) is 26.3 Å². The number of halogens is 6. The fourth-order valence-corrected chi connectivity index (χ4v) is 5.45. The van der Waals surface area contributed by atoms with E-state index in [1.807, 2.05) is 0 Å². The molecule has 1 N–H and O–H groups in total. The molecule has 4 rings (SSSR count). The van der Waals surface area contributed by atoms with Gasteiger partial charge in [0.2, 0.25) is 11.8 Å². The maximum absolute atomic E-state index is 14.1. The number of amides is 2. The molecule has 1 aromatic rings. The van der Waals surface area contributed by atoms with E-state index in [9.17, 15) is 35.9 Å². The molecular weight excluding hydrogens is 516 g/mol. The summed E-state index contributed by atoms with van der Waals surface area (Å²) in [4.78, 5) is 29.8. The Balaban J connectivity index is 1.67. The Morgan fingerprint density at radius 3 is 2.11 bits per heavy atom. The van der Waals surface area contributed by atoms with Gasteiger partial charge in [-0.3, -0.25) is 9.59 Å². The Kier molecular flexibility index (Phi) is 8.32. The zero-order valence-corrected chi connectivity index (χ0v) is 21.3. The van der Waals surface area contributed by atoms with Crippen molar-refractivity contribution in [2.75, 3.05) is 33.3 Å². The molecule has 3 aliphatic rings. The Morgan fingerprint density at radius 2 is 1.61 bits per heavy atom. The Morgan fingerprint density at radius 1 is 1.00 bits per heavy atom. The summed E-state index contributed by atoms with van der Waals surface area (Å²) in [5.41, 5.74) is -4.05. The molecule has 1 unspecified atom stereocenters. The lowest BCUT2D eigenvalue weighted by Gasteiger charge is -2.41. The van der Waals surface area contributed by atoms with E-state index in [1.54, 1.807) is 0 Å². The largest absolute Gasteiger partial charge is 0.416 e. The summed E-state index contributed by atoms with van der Waals surface area (Å²) in [6, 6.07) is 1.31. The number of piperidine rings is 1. The van der Waals surface area contributed by atoms with Crippen molar-refractivity contribution in [2.45, 2.75) is 70.1 Å². The number of carbonyl (C=O) groups is 2. The molecule has 38 heavy (non-hydrogen) atoms. The number of rotatable bonds is 8. The van der Waals surface area contributed by atoms with E-state index in [0.29, 0.717) is 63.4 Å². The van der Waals surface area contributed by atoms with E-state index in [2.05, 4.69) is 5.32 Å². The SMILES string of the molecule is CN(C(=O)CN(Cc1cc(C(F)(F)F)cc(C(F)(F)F)c1)C(=O)C1(CC2CC2)CCNCC1)C1CCCO1. The number of ether oxygens (including phenoxy) is 1. The minimum Gasteiger partial charge on any atom is -0.358 e. The van der Waals surface area contributed by atoms with Gasteiger partial charge in [0, 0.05) is 20.2 Å². The van der Waals surface area contributed by atoms with Crippen LogP contribution in [-0.4, -0.2) is 61.1 Å². The van der Waals surface area contributed by atoms with E-state index in [4.69, 9.17) is 4.74 Å². The molecule has 0 spiro atoms. The van der Waals surface area contributed by atoms with Crippen molar-refractivity contribution in [1.29, 1.82) is 0 Å². The van der Waals surface area contributed by atoms with Gasteiger partial charge >= 0.3 is 12.4 Å². The molecule has 0 bridgehead atoms. The lowest BCUT2D eigenvalue weighted by Crippen LogP contribution is -2.52. The summed E-state index contributed by atoms with van der Waals surface area (Å²) in [5, 5.41) is 3.21. The number of alkyl halides is 6. The smallest absolute Gasteiger partial charge is 0.358 e. The molecule has 6 nitrogen and oxygen atoms in total. The van der Waals surface area contributed by atoms with Gasteiger partial charge in [0.05, 0.1) is 16.5 Å². The third-order valence-electron chi connectivity index (χ3n) is 7.76. The highest BCUT2D eigenvalue weighted by molar-refractivity contribution is 5.88.